The highest BCUT2D eigenvalue weighted by molar-refractivity contribution is 6.13. The largest absolute Gasteiger partial charge is 0.319 e. The van der Waals surface area contributed by atoms with E-state index < -0.39 is 0 Å². The van der Waals surface area contributed by atoms with Gasteiger partial charge in [-0.3, -0.25) is 4.79 Å². The second kappa shape index (κ2) is 7.44. The monoisotopic (exact) mass is 392 g/mol. The molecule has 4 aromatic carbocycles. The van der Waals surface area contributed by atoms with Crippen LogP contribution in [0.1, 0.15) is 11.4 Å². The Bertz CT molecular complexity index is 1380. The van der Waals surface area contributed by atoms with Crippen LogP contribution in [0.2, 0.25) is 0 Å². The van der Waals surface area contributed by atoms with Crippen molar-refractivity contribution in [3.8, 4) is 0 Å². The van der Waals surface area contributed by atoms with Gasteiger partial charge in [0.2, 0.25) is 0 Å². The molecule has 0 unspecified atom stereocenters. The van der Waals surface area contributed by atoms with E-state index in [9.17, 15) is 4.79 Å². The first-order valence-electron chi connectivity index (χ1n) is 9.85. The van der Waals surface area contributed by atoms with E-state index in [2.05, 4.69) is 45.8 Å². The van der Waals surface area contributed by atoms with Gasteiger partial charge in [0.05, 0.1) is 17.2 Å². The summed E-state index contributed by atoms with van der Waals surface area (Å²) in [5.74, 6) is 0.609. The van der Waals surface area contributed by atoms with Crippen LogP contribution < -0.4 is 5.43 Å². The predicted octanol–water partition coefficient (Wildman–Crippen LogP) is 4.80. The summed E-state index contributed by atoms with van der Waals surface area (Å²) in [4.78, 5) is 17.1. The lowest BCUT2D eigenvalue weighted by atomic mass is 9.97. The molecule has 30 heavy (non-hydrogen) atoms. The molecule has 0 bridgehead atoms. The van der Waals surface area contributed by atoms with Gasteiger partial charge in [-0.05, 0) is 46.7 Å². The zero-order valence-corrected chi connectivity index (χ0v) is 16.5. The molecule has 0 atom stereocenters. The summed E-state index contributed by atoms with van der Waals surface area (Å²) in [7, 11) is 0. The number of imidazole rings is 1. The fourth-order valence-electron chi connectivity index (χ4n) is 3.93. The van der Waals surface area contributed by atoms with E-state index in [0.29, 0.717) is 0 Å². The molecule has 5 heteroatoms. The second-order valence-corrected chi connectivity index (χ2v) is 7.26. The molecule has 5 rings (SSSR count). The van der Waals surface area contributed by atoms with Gasteiger partial charge in [0, 0.05) is 5.56 Å². The van der Waals surface area contributed by atoms with Crippen molar-refractivity contribution in [1.29, 1.82) is 0 Å². The number of hydrazone groups is 1. The minimum Gasteiger partial charge on any atom is -0.319 e. The van der Waals surface area contributed by atoms with Crippen molar-refractivity contribution >= 4 is 44.7 Å². The zero-order chi connectivity index (χ0) is 20.5. The van der Waals surface area contributed by atoms with Crippen molar-refractivity contribution in [3.05, 3.63) is 90.3 Å². The Hall–Kier alpha value is -3.99. The van der Waals surface area contributed by atoms with Gasteiger partial charge in [0.25, 0.3) is 5.91 Å². The molecule has 0 aliphatic heterocycles. The van der Waals surface area contributed by atoms with Crippen molar-refractivity contribution in [3.63, 3.8) is 0 Å². The normalized spacial score (nSPS) is 11.6. The van der Waals surface area contributed by atoms with Crippen LogP contribution in [0.3, 0.4) is 0 Å². The Morgan fingerprint density at radius 3 is 2.33 bits per heavy atom. The number of amides is 1. The summed E-state index contributed by atoms with van der Waals surface area (Å²) in [5.41, 5.74) is 5.49. The van der Waals surface area contributed by atoms with E-state index >= 15 is 0 Å². The first-order valence-corrected chi connectivity index (χ1v) is 9.85. The molecule has 0 spiro atoms. The van der Waals surface area contributed by atoms with Crippen molar-refractivity contribution < 1.29 is 4.79 Å². The van der Waals surface area contributed by atoms with Gasteiger partial charge in [0.1, 0.15) is 12.4 Å². The molecule has 5 nitrogen and oxygen atoms in total. The summed E-state index contributed by atoms with van der Waals surface area (Å²) in [5, 5.41) is 8.76. The number of aryl methyl sites for hydroxylation is 1. The first-order chi connectivity index (χ1) is 14.7. The van der Waals surface area contributed by atoms with E-state index in [0.717, 1.165) is 44.0 Å². The number of carbonyl (C=O) groups excluding carboxylic acids is 1. The summed E-state index contributed by atoms with van der Waals surface area (Å²) in [6.45, 7) is 2.07. The van der Waals surface area contributed by atoms with Gasteiger partial charge >= 0.3 is 0 Å². The number of hydrogen-bond donors (Lipinski definition) is 1. The van der Waals surface area contributed by atoms with Crippen LogP contribution in [0.15, 0.2) is 84.0 Å². The van der Waals surface area contributed by atoms with Crippen LogP contribution in [0, 0.1) is 6.92 Å². The van der Waals surface area contributed by atoms with E-state index in [4.69, 9.17) is 0 Å². The lowest BCUT2D eigenvalue weighted by molar-refractivity contribution is -0.121. The van der Waals surface area contributed by atoms with Gasteiger partial charge in [-0.25, -0.2) is 10.4 Å². The third kappa shape index (κ3) is 3.20. The summed E-state index contributed by atoms with van der Waals surface area (Å²) in [6, 6.07) is 26.4. The van der Waals surface area contributed by atoms with Crippen LogP contribution in [0.4, 0.5) is 0 Å². The average Bonchev–Trinajstić information content (AvgIpc) is 3.08. The van der Waals surface area contributed by atoms with Crippen LogP contribution in [-0.2, 0) is 11.3 Å². The molecule has 0 aliphatic rings. The van der Waals surface area contributed by atoms with Gasteiger partial charge in [-0.15, -0.1) is 0 Å². The molecule has 0 radical (unpaired) electrons. The fourth-order valence-corrected chi connectivity index (χ4v) is 3.93. The number of nitrogens with zero attached hydrogens (tertiary/aromatic N) is 3. The number of para-hydroxylation sites is 2. The van der Waals surface area contributed by atoms with Gasteiger partial charge in [0.15, 0.2) is 0 Å². The summed E-state index contributed by atoms with van der Waals surface area (Å²) < 4.78 is 1.90. The molecule has 1 aromatic heterocycles. The molecular formula is C25H20N4O. The minimum absolute atomic E-state index is 0.167. The highest BCUT2D eigenvalue weighted by Crippen LogP contribution is 2.27. The molecule has 146 valence electrons. The van der Waals surface area contributed by atoms with Crippen molar-refractivity contribution in [2.45, 2.75) is 13.5 Å². The predicted molar refractivity (Wildman–Crippen MR) is 122 cm³/mol. The van der Waals surface area contributed by atoms with Gasteiger partial charge < -0.3 is 4.57 Å². The van der Waals surface area contributed by atoms with Crippen LogP contribution in [0.25, 0.3) is 32.6 Å². The van der Waals surface area contributed by atoms with Gasteiger partial charge in [-0.2, -0.15) is 5.10 Å². The molecular weight excluding hydrogens is 372 g/mol. The minimum atomic E-state index is -0.193. The third-order valence-corrected chi connectivity index (χ3v) is 5.34. The Morgan fingerprint density at radius 1 is 0.967 bits per heavy atom. The Balaban J connectivity index is 1.43. The average molecular weight is 392 g/mol. The topological polar surface area (TPSA) is 59.3 Å². The second-order valence-electron chi connectivity index (χ2n) is 7.26. The van der Waals surface area contributed by atoms with Crippen LogP contribution >= 0.6 is 0 Å². The highest BCUT2D eigenvalue weighted by Gasteiger charge is 2.10. The number of aromatic nitrogens is 2. The summed E-state index contributed by atoms with van der Waals surface area (Å²) >= 11 is 0. The van der Waals surface area contributed by atoms with E-state index in [-0.39, 0.29) is 12.5 Å². The molecule has 1 N–H and O–H groups in total. The SMILES string of the molecule is Cc1nc2ccccc2n1CC(=O)N/N=C\c1c2ccccc2cc2ccccc12. The Kier molecular flexibility index (Phi) is 4.48. The number of fused-ring (bicyclic) bond motifs is 3. The number of carbonyl (C=O) groups is 1. The Labute approximate surface area is 173 Å². The number of hydrogen-bond acceptors (Lipinski definition) is 3. The molecule has 5 aromatic rings. The lowest BCUT2D eigenvalue weighted by Crippen LogP contribution is -2.23. The van der Waals surface area contributed by atoms with E-state index in [1.807, 2.05) is 60.0 Å². The third-order valence-electron chi connectivity index (χ3n) is 5.34. The summed E-state index contributed by atoms with van der Waals surface area (Å²) in [6.07, 6.45) is 1.74. The smallest absolute Gasteiger partial charge is 0.260 e. The van der Waals surface area contributed by atoms with Crippen LogP contribution in [0.5, 0.6) is 0 Å². The van der Waals surface area contributed by atoms with E-state index in [1.165, 1.54) is 0 Å². The molecule has 1 heterocycles. The lowest BCUT2D eigenvalue weighted by Gasteiger charge is -2.08. The van der Waals surface area contributed by atoms with Crippen molar-refractivity contribution in [2.75, 3.05) is 0 Å². The quantitative estimate of drug-likeness (QED) is 0.271. The molecule has 0 aliphatic carbocycles. The molecule has 0 saturated carbocycles. The standard InChI is InChI=1S/C25H20N4O/c1-17-27-23-12-6-7-13-24(23)29(17)16-25(30)28-26-15-22-20-10-4-2-8-18(20)14-19-9-3-5-11-21(19)22/h2-15H,16H2,1H3,(H,28,30)/b26-15-. The van der Waals surface area contributed by atoms with Gasteiger partial charge in [-0.1, -0.05) is 60.7 Å². The van der Waals surface area contributed by atoms with Crippen molar-refractivity contribution in [1.82, 2.24) is 15.0 Å². The number of benzene rings is 4. The number of rotatable bonds is 4. The zero-order valence-electron chi connectivity index (χ0n) is 16.5. The Morgan fingerprint density at radius 2 is 1.60 bits per heavy atom. The number of nitrogens with one attached hydrogen (secondary N) is 1. The highest BCUT2D eigenvalue weighted by atomic mass is 16.2. The molecule has 0 fully saturated rings. The van der Waals surface area contributed by atoms with E-state index in [1.54, 1.807) is 6.21 Å². The molecule has 0 saturated heterocycles. The maximum atomic E-state index is 12.6. The fraction of sp³-hybridized carbons (Fsp3) is 0.0800. The molecule has 1 amide bonds. The first kappa shape index (κ1) is 18.1. The van der Waals surface area contributed by atoms with Crippen LogP contribution in [-0.4, -0.2) is 21.7 Å². The maximum absolute atomic E-state index is 12.6. The maximum Gasteiger partial charge on any atom is 0.260 e. The van der Waals surface area contributed by atoms with Crippen molar-refractivity contribution in [2.24, 2.45) is 5.10 Å².